The number of nitrogens with zero attached hydrogens (tertiary/aromatic N) is 2. The van der Waals surface area contributed by atoms with E-state index in [1.807, 2.05) is 19.9 Å². The lowest BCUT2D eigenvalue weighted by Crippen LogP contribution is -2.38. The van der Waals surface area contributed by atoms with Gasteiger partial charge in [-0.25, -0.2) is 4.98 Å². The van der Waals surface area contributed by atoms with Crippen LogP contribution in [-0.2, 0) is 9.53 Å². The molecule has 26 heavy (non-hydrogen) atoms. The van der Waals surface area contributed by atoms with Gasteiger partial charge in [-0.3, -0.25) is 9.79 Å². The van der Waals surface area contributed by atoms with E-state index in [1.54, 1.807) is 12.3 Å². The van der Waals surface area contributed by atoms with Gasteiger partial charge in [0.1, 0.15) is 5.82 Å². The number of ether oxygens (including phenoxy) is 1. The Morgan fingerprint density at radius 2 is 2.19 bits per heavy atom. The van der Waals surface area contributed by atoms with E-state index < -0.39 is 0 Å². The summed E-state index contributed by atoms with van der Waals surface area (Å²) in [5.74, 6) is 2.04. The molecule has 1 aliphatic rings. The van der Waals surface area contributed by atoms with Gasteiger partial charge in [-0.15, -0.1) is 0 Å². The quantitative estimate of drug-likeness (QED) is 0.319. The fourth-order valence-corrected chi connectivity index (χ4v) is 2.28. The zero-order chi connectivity index (χ0) is 18.6. The van der Waals surface area contributed by atoms with Crippen LogP contribution in [0.25, 0.3) is 0 Å². The predicted octanol–water partition coefficient (Wildman–Crippen LogP) is 2.09. The van der Waals surface area contributed by atoms with Crippen molar-refractivity contribution in [1.82, 2.24) is 15.6 Å². The predicted molar refractivity (Wildman–Crippen MR) is 104 cm³/mol. The van der Waals surface area contributed by atoms with Crippen molar-refractivity contribution >= 4 is 17.7 Å². The number of rotatable bonds is 11. The highest BCUT2D eigenvalue weighted by Gasteiger charge is 2.20. The molecule has 1 saturated carbocycles. The number of hydrogen-bond acceptors (Lipinski definition) is 4. The van der Waals surface area contributed by atoms with Crippen LogP contribution < -0.4 is 16.0 Å². The van der Waals surface area contributed by atoms with Crippen LogP contribution in [0.3, 0.4) is 0 Å². The van der Waals surface area contributed by atoms with Gasteiger partial charge in [0.2, 0.25) is 5.91 Å². The van der Waals surface area contributed by atoms with E-state index in [2.05, 4.69) is 25.9 Å². The average Bonchev–Trinajstić information content (AvgIpc) is 3.44. The number of aromatic nitrogens is 1. The lowest BCUT2D eigenvalue weighted by molar-refractivity contribution is -0.116. The standard InChI is InChI=1S/C19H31N5O2/c1-3-20-19(21-10-4-12-26-14-16-6-7-16)22-11-9-18(25)24-17-8-5-15(2)13-23-17/h5,8,13,16H,3-4,6-7,9-12,14H2,1-2H3,(H2,20,21,22)(H,23,24,25). The van der Waals surface area contributed by atoms with Crippen LogP contribution in [0.15, 0.2) is 23.3 Å². The SMILES string of the molecule is CCNC(=NCCCOCC1CC1)NCCC(=O)Nc1ccc(C)cn1. The molecule has 0 spiro atoms. The molecule has 0 bridgehead atoms. The van der Waals surface area contributed by atoms with E-state index in [4.69, 9.17) is 4.74 Å². The minimum absolute atomic E-state index is 0.0711. The minimum Gasteiger partial charge on any atom is -0.381 e. The van der Waals surface area contributed by atoms with Crippen molar-refractivity contribution < 1.29 is 9.53 Å². The zero-order valence-corrected chi connectivity index (χ0v) is 15.9. The number of amides is 1. The van der Waals surface area contributed by atoms with Gasteiger partial charge >= 0.3 is 0 Å². The molecule has 1 amide bonds. The monoisotopic (exact) mass is 361 g/mol. The molecule has 3 N–H and O–H groups in total. The molecular weight excluding hydrogens is 330 g/mol. The maximum atomic E-state index is 12.0. The van der Waals surface area contributed by atoms with E-state index in [-0.39, 0.29) is 5.91 Å². The van der Waals surface area contributed by atoms with Gasteiger partial charge in [0.05, 0.1) is 0 Å². The normalized spacial score (nSPS) is 14.2. The Morgan fingerprint density at radius 3 is 2.88 bits per heavy atom. The number of pyridine rings is 1. The fraction of sp³-hybridized carbons (Fsp3) is 0.632. The molecule has 1 aromatic rings. The first kappa shape index (κ1) is 20.2. The van der Waals surface area contributed by atoms with Crippen molar-refractivity contribution in [1.29, 1.82) is 0 Å². The number of nitrogens with one attached hydrogen (secondary N) is 3. The van der Waals surface area contributed by atoms with Crippen molar-refractivity contribution in [2.75, 3.05) is 38.2 Å². The van der Waals surface area contributed by atoms with Crippen LogP contribution >= 0.6 is 0 Å². The third-order valence-corrected chi connectivity index (χ3v) is 3.93. The van der Waals surface area contributed by atoms with Gasteiger partial charge in [0.25, 0.3) is 0 Å². The topological polar surface area (TPSA) is 87.6 Å². The van der Waals surface area contributed by atoms with Crippen molar-refractivity contribution in [3.63, 3.8) is 0 Å². The zero-order valence-electron chi connectivity index (χ0n) is 15.9. The van der Waals surface area contributed by atoms with Gasteiger partial charge in [0.15, 0.2) is 5.96 Å². The summed E-state index contributed by atoms with van der Waals surface area (Å²) in [7, 11) is 0. The Labute approximate surface area is 156 Å². The first-order valence-electron chi connectivity index (χ1n) is 9.49. The Balaban J connectivity index is 1.60. The van der Waals surface area contributed by atoms with Crippen molar-refractivity contribution in [3.05, 3.63) is 23.9 Å². The summed E-state index contributed by atoms with van der Waals surface area (Å²) in [4.78, 5) is 20.6. The first-order chi connectivity index (χ1) is 12.7. The van der Waals surface area contributed by atoms with Crippen molar-refractivity contribution in [2.24, 2.45) is 10.9 Å². The van der Waals surface area contributed by atoms with Crippen molar-refractivity contribution in [3.8, 4) is 0 Å². The van der Waals surface area contributed by atoms with Crippen LogP contribution in [0.4, 0.5) is 5.82 Å². The van der Waals surface area contributed by atoms with Crippen LogP contribution in [0, 0.1) is 12.8 Å². The maximum Gasteiger partial charge on any atom is 0.227 e. The average molecular weight is 361 g/mol. The van der Waals surface area contributed by atoms with Crippen LogP contribution in [0.5, 0.6) is 0 Å². The summed E-state index contributed by atoms with van der Waals surface area (Å²) in [6.07, 6.45) is 5.63. The first-order valence-corrected chi connectivity index (χ1v) is 9.49. The smallest absolute Gasteiger partial charge is 0.227 e. The summed E-state index contributed by atoms with van der Waals surface area (Å²) >= 11 is 0. The van der Waals surface area contributed by atoms with Crippen LogP contribution in [0.2, 0.25) is 0 Å². The van der Waals surface area contributed by atoms with Gasteiger partial charge in [-0.1, -0.05) is 6.07 Å². The second kappa shape index (κ2) is 11.5. The summed E-state index contributed by atoms with van der Waals surface area (Å²) in [5, 5.41) is 9.16. The van der Waals surface area contributed by atoms with Gasteiger partial charge in [0, 0.05) is 45.5 Å². The van der Waals surface area contributed by atoms with E-state index >= 15 is 0 Å². The van der Waals surface area contributed by atoms with E-state index in [0.29, 0.717) is 25.3 Å². The molecular formula is C19H31N5O2. The summed E-state index contributed by atoms with van der Waals surface area (Å²) in [5.41, 5.74) is 1.06. The fourth-order valence-electron chi connectivity index (χ4n) is 2.28. The number of aliphatic imine (C=N–C) groups is 1. The molecule has 1 fully saturated rings. The highest BCUT2D eigenvalue weighted by molar-refractivity contribution is 5.90. The molecule has 1 heterocycles. The molecule has 1 aromatic heterocycles. The molecule has 0 aliphatic heterocycles. The molecule has 7 nitrogen and oxygen atoms in total. The molecule has 7 heteroatoms. The Hall–Kier alpha value is -2.15. The Morgan fingerprint density at radius 1 is 1.35 bits per heavy atom. The van der Waals surface area contributed by atoms with E-state index in [1.165, 1.54) is 12.8 Å². The Bertz CT molecular complexity index is 570. The number of carbonyl (C=O) groups excluding carboxylic acids is 1. The molecule has 0 atom stereocenters. The molecule has 0 aromatic carbocycles. The van der Waals surface area contributed by atoms with E-state index in [0.717, 1.165) is 43.6 Å². The molecule has 144 valence electrons. The number of hydrogen-bond donors (Lipinski definition) is 3. The van der Waals surface area contributed by atoms with E-state index in [9.17, 15) is 4.79 Å². The Kier molecular flexibility index (Phi) is 8.89. The van der Waals surface area contributed by atoms with Crippen molar-refractivity contribution in [2.45, 2.75) is 39.5 Å². The lowest BCUT2D eigenvalue weighted by atomic mass is 10.3. The second-order valence-corrected chi connectivity index (χ2v) is 6.58. The number of carbonyl (C=O) groups is 1. The summed E-state index contributed by atoms with van der Waals surface area (Å²) in [6.45, 7) is 7.64. The lowest BCUT2D eigenvalue weighted by Gasteiger charge is -2.11. The van der Waals surface area contributed by atoms with Gasteiger partial charge < -0.3 is 20.7 Å². The molecule has 1 aliphatic carbocycles. The second-order valence-electron chi connectivity index (χ2n) is 6.58. The number of anilines is 1. The maximum absolute atomic E-state index is 12.0. The molecule has 0 saturated heterocycles. The third kappa shape index (κ3) is 8.80. The highest BCUT2D eigenvalue weighted by atomic mass is 16.5. The highest BCUT2D eigenvalue weighted by Crippen LogP contribution is 2.28. The molecule has 0 unspecified atom stereocenters. The van der Waals surface area contributed by atoms with Gasteiger partial charge in [-0.2, -0.15) is 0 Å². The minimum atomic E-state index is -0.0711. The molecule has 2 rings (SSSR count). The summed E-state index contributed by atoms with van der Waals surface area (Å²) in [6, 6.07) is 3.72. The van der Waals surface area contributed by atoms with Gasteiger partial charge in [-0.05, 0) is 50.7 Å². The largest absolute Gasteiger partial charge is 0.381 e. The number of guanidine groups is 1. The molecule has 0 radical (unpaired) electrons. The van der Waals surface area contributed by atoms with Crippen LogP contribution in [-0.4, -0.2) is 49.7 Å². The third-order valence-electron chi connectivity index (χ3n) is 3.93. The number of aryl methyl sites for hydroxylation is 1. The summed E-state index contributed by atoms with van der Waals surface area (Å²) < 4.78 is 5.61. The van der Waals surface area contributed by atoms with Crippen LogP contribution in [0.1, 0.15) is 38.2 Å².